The number of carbonyl (C=O) groups is 1. The summed E-state index contributed by atoms with van der Waals surface area (Å²) < 4.78 is 27.7. The van der Waals surface area contributed by atoms with Crippen molar-refractivity contribution in [2.24, 2.45) is 4.40 Å². The number of nitrogens with zero attached hydrogens (tertiary/aromatic N) is 1. The molecule has 1 heterocycles. The number of hydrogen-bond acceptors (Lipinski definition) is 4. The van der Waals surface area contributed by atoms with Gasteiger partial charge in [-0.2, -0.15) is 8.42 Å². The normalized spacial score (nSPS) is 16.1. The highest BCUT2D eigenvalue weighted by Gasteiger charge is 2.24. The lowest BCUT2D eigenvalue weighted by Crippen LogP contribution is -2.31. The van der Waals surface area contributed by atoms with E-state index in [2.05, 4.69) is 15.0 Å². The topological polar surface area (TPSA) is 87.6 Å². The van der Waals surface area contributed by atoms with Crippen LogP contribution in [0.3, 0.4) is 0 Å². The van der Waals surface area contributed by atoms with Gasteiger partial charge in [0.25, 0.3) is 10.0 Å². The predicted octanol–water partition coefficient (Wildman–Crippen LogP) is 1.50. The molecule has 0 saturated carbocycles. The van der Waals surface area contributed by atoms with Crippen molar-refractivity contribution >= 4 is 27.5 Å². The smallest absolute Gasteiger partial charge is 0.286 e. The average molecular weight is 295 g/mol. The monoisotopic (exact) mass is 295 g/mol. The molecule has 0 atom stereocenters. The van der Waals surface area contributed by atoms with Gasteiger partial charge in [-0.1, -0.05) is 12.1 Å². The standard InChI is InChI=1S/C13H17N3O3S/c1-9(2)14-13(17)8-7-12-15-10-5-3-4-6-11(10)20(18,19)16-12/h3-6,9H,7-8H2,1-2H3,(H,14,17)(H,15,16). The molecule has 0 fully saturated rings. The lowest BCUT2D eigenvalue weighted by molar-refractivity contribution is -0.121. The molecule has 0 saturated heterocycles. The van der Waals surface area contributed by atoms with E-state index in [-0.39, 0.29) is 29.7 Å². The van der Waals surface area contributed by atoms with E-state index in [0.29, 0.717) is 11.5 Å². The maximum atomic E-state index is 12.0. The summed E-state index contributed by atoms with van der Waals surface area (Å²) in [7, 11) is -3.67. The minimum Gasteiger partial charge on any atom is -0.354 e. The molecular weight excluding hydrogens is 278 g/mol. The molecule has 6 nitrogen and oxygen atoms in total. The fourth-order valence-electron chi connectivity index (χ4n) is 1.90. The van der Waals surface area contributed by atoms with Crippen LogP contribution in [-0.2, 0) is 14.8 Å². The first-order chi connectivity index (χ1) is 9.38. The number of nitrogens with one attached hydrogen (secondary N) is 2. The van der Waals surface area contributed by atoms with E-state index in [4.69, 9.17) is 0 Å². The van der Waals surface area contributed by atoms with Crippen LogP contribution in [0.2, 0.25) is 0 Å². The van der Waals surface area contributed by atoms with Crippen molar-refractivity contribution in [3.63, 3.8) is 0 Å². The van der Waals surface area contributed by atoms with Crippen LogP contribution in [-0.4, -0.2) is 26.2 Å². The molecule has 0 aliphatic carbocycles. The predicted molar refractivity (Wildman–Crippen MR) is 77.2 cm³/mol. The Hall–Kier alpha value is -1.89. The van der Waals surface area contributed by atoms with E-state index in [1.807, 2.05) is 13.8 Å². The maximum absolute atomic E-state index is 12.0. The van der Waals surface area contributed by atoms with Crippen LogP contribution in [0.25, 0.3) is 0 Å². The first kappa shape index (κ1) is 14.5. The summed E-state index contributed by atoms with van der Waals surface area (Å²) in [4.78, 5) is 11.7. The van der Waals surface area contributed by atoms with E-state index in [1.54, 1.807) is 18.2 Å². The molecule has 20 heavy (non-hydrogen) atoms. The van der Waals surface area contributed by atoms with Crippen molar-refractivity contribution < 1.29 is 13.2 Å². The lowest BCUT2D eigenvalue weighted by atomic mass is 10.2. The summed E-state index contributed by atoms with van der Waals surface area (Å²) in [5, 5.41) is 5.70. The van der Waals surface area contributed by atoms with Gasteiger partial charge in [0.05, 0.1) is 5.69 Å². The Kier molecular flexibility index (Phi) is 4.08. The third-order valence-corrected chi connectivity index (χ3v) is 4.09. The van der Waals surface area contributed by atoms with Crippen molar-refractivity contribution in [2.75, 3.05) is 5.32 Å². The van der Waals surface area contributed by atoms with Gasteiger partial charge in [-0.15, -0.1) is 4.40 Å². The second-order valence-electron chi connectivity index (χ2n) is 4.86. The second-order valence-corrected chi connectivity index (χ2v) is 6.43. The van der Waals surface area contributed by atoms with Crippen LogP contribution >= 0.6 is 0 Å². The molecule has 2 rings (SSSR count). The van der Waals surface area contributed by atoms with Crippen LogP contribution in [0, 0.1) is 0 Å². The second kappa shape index (κ2) is 5.62. The first-order valence-corrected chi connectivity index (χ1v) is 7.82. The van der Waals surface area contributed by atoms with E-state index >= 15 is 0 Å². The van der Waals surface area contributed by atoms with Gasteiger partial charge in [0.1, 0.15) is 10.7 Å². The number of rotatable bonds is 4. The number of benzene rings is 1. The Morgan fingerprint density at radius 1 is 1.35 bits per heavy atom. The molecule has 2 N–H and O–H groups in total. The molecule has 1 amide bonds. The lowest BCUT2D eigenvalue weighted by Gasteiger charge is -2.18. The van der Waals surface area contributed by atoms with Crippen molar-refractivity contribution in [2.45, 2.75) is 37.6 Å². The van der Waals surface area contributed by atoms with E-state index in [1.165, 1.54) is 6.07 Å². The van der Waals surface area contributed by atoms with Gasteiger partial charge in [0.15, 0.2) is 0 Å². The van der Waals surface area contributed by atoms with Crippen LogP contribution < -0.4 is 10.6 Å². The SMILES string of the molecule is CC(C)NC(=O)CCC1=NS(=O)(=O)c2ccccc2N1. The summed E-state index contributed by atoms with van der Waals surface area (Å²) in [5.74, 6) is 0.170. The van der Waals surface area contributed by atoms with Crippen molar-refractivity contribution in [3.8, 4) is 0 Å². The molecule has 0 aromatic heterocycles. The Balaban J connectivity index is 2.09. The Bertz CT molecular complexity index is 651. The van der Waals surface area contributed by atoms with Gasteiger partial charge in [-0.25, -0.2) is 0 Å². The molecule has 0 bridgehead atoms. The quantitative estimate of drug-likeness (QED) is 0.881. The average Bonchev–Trinajstić information content (AvgIpc) is 2.35. The van der Waals surface area contributed by atoms with Gasteiger partial charge in [0, 0.05) is 18.9 Å². The molecule has 0 unspecified atom stereocenters. The maximum Gasteiger partial charge on any atom is 0.286 e. The molecule has 1 aromatic rings. The van der Waals surface area contributed by atoms with Crippen LogP contribution in [0.4, 0.5) is 5.69 Å². The van der Waals surface area contributed by atoms with Crippen LogP contribution in [0.1, 0.15) is 26.7 Å². The van der Waals surface area contributed by atoms with Gasteiger partial charge < -0.3 is 10.6 Å². The Morgan fingerprint density at radius 2 is 2.05 bits per heavy atom. The number of hydrogen-bond donors (Lipinski definition) is 2. The third-order valence-electron chi connectivity index (χ3n) is 2.71. The third kappa shape index (κ3) is 3.36. The highest BCUT2D eigenvalue weighted by molar-refractivity contribution is 7.90. The number of amidine groups is 1. The van der Waals surface area contributed by atoms with Gasteiger partial charge in [-0.3, -0.25) is 4.79 Å². The van der Waals surface area contributed by atoms with E-state index in [0.717, 1.165) is 0 Å². The molecule has 1 aliphatic rings. The largest absolute Gasteiger partial charge is 0.354 e. The van der Waals surface area contributed by atoms with Crippen molar-refractivity contribution in [1.29, 1.82) is 0 Å². The molecule has 0 radical (unpaired) electrons. The number of sulfonamides is 1. The van der Waals surface area contributed by atoms with Crippen molar-refractivity contribution in [1.82, 2.24) is 5.32 Å². The van der Waals surface area contributed by atoms with E-state index in [9.17, 15) is 13.2 Å². The molecular formula is C13H17N3O3S. The van der Waals surface area contributed by atoms with Crippen molar-refractivity contribution in [3.05, 3.63) is 24.3 Å². The summed E-state index contributed by atoms with van der Waals surface area (Å²) >= 11 is 0. The number of carbonyl (C=O) groups excluding carboxylic acids is 1. The molecule has 1 aliphatic heterocycles. The molecule has 7 heteroatoms. The highest BCUT2D eigenvalue weighted by Crippen LogP contribution is 2.27. The summed E-state index contributed by atoms with van der Waals surface area (Å²) in [5.41, 5.74) is 0.502. The minimum absolute atomic E-state index is 0.0632. The molecule has 0 spiro atoms. The van der Waals surface area contributed by atoms with Gasteiger partial charge >= 0.3 is 0 Å². The fraction of sp³-hybridized carbons (Fsp3) is 0.385. The summed E-state index contributed by atoms with van der Waals surface area (Å²) in [6.45, 7) is 3.74. The van der Waals surface area contributed by atoms with Gasteiger partial charge in [0.2, 0.25) is 5.91 Å². The van der Waals surface area contributed by atoms with E-state index < -0.39 is 10.0 Å². The number of amides is 1. The highest BCUT2D eigenvalue weighted by atomic mass is 32.2. The number of anilines is 1. The van der Waals surface area contributed by atoms with Crippen LogP contribution in [0.5, 0.6) is 0 Å². The zero-order valence-electron chi connectivity index (χ0n) is 11.4. The summed E-state index contributed by atoms with van der Waals surface area (Å²) in [6.07, 6.45) is 0.452. The summed E-state index contributed by atoms with van der Waals surface area (Å²) in [6, 6.07) is 6.64. The minimum atomic E-state index is -3.67. The Morgan fingerprint density at radius 3 is 2.75 bits per heavy atom. The van der Waals surface area contributed by atoms with Crippen LogP contribution in [0.15, 0.2) is 33.6 Å². The number of para-hydroxylation sites is 1. The molecule has 108 valence electrons. The number of fused-ring (bicyclic) bond motifs is 1. The first-order valence-electron chi connectivity index (χ1n) is 6.38. The van der Waals surface area contributed by atoms with Gasteiger partial charge in [-0.05, 0) is 26.0 Å². The zero-order chi connectivity index (χ0) is 14.8. The Labute approximate surface area is 118 Å². The molecule has 1 aromatic carbocycles. The zero-order valence-corrected chi connectivity index (χ0v) is 12.2. The fourth-order valence-corrected chi connectivity index (χ4v) is 3.07.